The molecule has 0 aliphatic carbocycles. The molecule has 1 aliphatic heterocycles. The molecule has 0 bridgehead atoms. The van der Waals surface area contributed by atoms with Crippen molar-refractivity contribution in [3.63, 3.8) is 0 Å². The van der Waals surface area contributed by atoms with Gasteiger partial charge in [0, 0.05) is 25.6 Å². The van der Waals surface area contributed by atoms with Gasteiger partial charge in [0.2, 0.25) is 0 Å². The number of carboxylic acid groups (broad SMARTS) is 1. The van der Waals surface area contributed by atoms with Crippen LogP contribution in [0.3, 0.4) is 0 Å². The minimum atomic E-state index is -0.821. The van der Waals surface area contributed by atoms with Crippen LogP contribution in [0.5, 0.6) is 0 Å². The molecule has 1 unspecified atom stereocenters. The number of aliphatic carboxylic acids is 1. The van der Waals surface area contributed by atoms with E-state index in [-0.39, 0.29) is 12.1 Å². The molecule has 2 amide bonds. The second-order valence-electron chi connectivity index (χ2n) is 5.59. The van der Waals surface area contributed by atoms with Crippen molar-refractivity contribution in [3.05, 3.63) is 24.2 Å². The number of furan rings is 1. The zero-order valence-corrected chi connectivity index (χ0v) is 12.2. The first kappa shape index (κ1) is 15.4. The summed E-state index contributed by atoms with van der Waals surface area (Å²) in [5.74, 6) is -0.360. The molecule has 0 spiro atoms. The number of hydrogen-bond donors (Lipinski definition) is 2. The molecule has 6 heteroatoms. The Morgan fingerprint density at radius 3 is 3.05 bits per heavy atom. The zero-order valence-electron chi connectivity index (χ0n) is 12.2. The van der Waals surface area contributed by atoms with Crippen LogP contribution < -0.4 is 5.32 Å². The summed E-state index contributed by atoms with van der Waals surface area (Å²) in [6.45, 7) is 2.87. The van der Waals surface area contributed by atoms with Crippen molar-refractivity contribution in [1.29, 1.82) is 0 Å². The van der Waals surface area contributed by atoms with E-state index in [4.69, 9.17) is 9.52 Å². The van der Waals surface area contributed by atoms with Crippen LogP contribution in [-0.2, 0) is 11.2 Å². The Morgan fingerprint density at radius 1 is 1.57 bits per heavy atom. The largest absolute Gasteiger partial charge is 0.481 e. The van der Waals surface area contributed by atoms with Crippen molar-refractivity contribution in [2.45, 2.75) is 38.6 Å². The highest BCUT2D eigenvalue weighted by molar-refractivity contribution is 5.76. The number of piperidine rings is 1. The molecule has 2 rings (SSSR count). The molecule has 1 fully saturated rings. The second-order valence-corrected chi connectivity index (χ2v) is 5.59. The molecule has 1 saturated heterocycles. The number of rotatable bonds is 5. The number of urea groups is 1. The Bertz CT molecular complexity index is 472. The van der Waals surface area contributed by atoms with Crippen LogP contribution in [0.4, 0.5) is 4.79 Å². The highest BCUT2D eigenvalue weighted by Gasteiger charge is 2.28. The second kappa shape index (κ2) is 7.15. The van der Waals surface area contributed by atoms with E-state index in [1.807, 2.05) is 19.1 Å². The van der Waals surface area contributed by atoms with Crippen LogP contribution in [0.15, 0.2) is 22.8 Å². The van der Waals surface area contributed by atoms with Crippen molar-refractivity contribution in [3.8, 4) is 0 Å². The third-order valence-electron chi connectivity index (χ3n) is 3.83. The van der Waals surface area contributed by atoms with Crippen molar-refractivity contribution in [2.24, 2.45) is 5.92 Å². The van der Waals surface area contributed by atoms with Gasteiger partial charge in [-0.1, -0.05) is 0 Å². The average Bonchev–Trinajstić information content (AvgIpc) is 2.98. The van der Waals surface area contributed by atoms with Gasteiger partial charge in [-0.05, 0) is 38.3 Å². The first-order chi connectivity index (χ1) is 10.1. The summed E-state index contributed by atoms with van der Waals surface area (Å²) in [5, 5.41) is 12.0. The van der Waals surface area contributed by atoms with E-state index < -0.39 is 11.9 Å². The molecule has 6 nitrogen and oxygen atoms in total. The molecule has 1 aromatic rings. The SMILES string of the molecule is CC(CCc1ccco1)NC(=O)N1CCC[C@H](C(=O)O)C1. The summed E-state index contributed by atoms with van der Waals surface area (Å²) >= 11 is 0. The summed E-state index contributed by atoms with van der Waals surface area (Å²) in [6, 6.07) is 3.61. The lowest BCUT2D eigenvalue weighted by atomic mass is 9.99. The van der Waals surface area contributed by atoms with Gasteiger partial charge in [-0.2, -0.15) is 0 Å². The number of aryl methyl sites for hydroxylation is 1. The number of likely N-dealkylation sites (tertiary alicyclic amines) is 1. The van der Waals surface area contributed by atoms with Crippen molar-refractivity contribution in [2.75, 3.05) is 13.1 Å². The third-order valence-corrected chi connectivity index (χ3v) is 3.83. The average molecular weight is 294 g/mol. The van der Waals surface area contributed by atoms with Crippen LogP contribution in [0, 0.1) is 5.92 Å². The van der Waals surface area contributed by atoms with Crippen molar-refractivity contribution in [1.82, 2.24) is 10.2 Å². The summed E-state index contributed by atoms with van der Waals surface area (Å²) in [6.07, 6.45) is 4.58. The molecule has 0 radical (unpaired) electrons. The van der Waals surface area contributed by atoms with E-state index in [2.05, 4.69) is 5.32 Å². The summed E-state index contributed by atoms with van der Waals surface area (Å²) < 4.78 is 5.26. The van der Waals surface area contributed by atoms with Gasteiger partial charge >= 0.3 is 12.0 Å². The molecule has 0 aromatic carbocycles. The lowest BCUT2D eigenvalue weighted by Crippen LogP contribution is -2.49. The number of amides is 2. The van der Waals surface area contributed by atoms with Gasteiger partial charge in [0.1, 0.15) is 5.76 Å². The fraction of sp³-hybridized carbons (Fsp3) is 0.600. The van der Waals surface area contributed by atoms with Crippen LogP contribution in [0.1, 0.15) is 31.9 Å². The van der Waals surface area contributed by atoms with Crippen LogP contribution >= 0.6 is 0 Å². The molecule has 2 N–H and O–H groups in total. The van der Waals surface area contributed by atoms with E-state index >= 15 is 0 Å². The Morgan fingerprint density at radius 2 is 2.38 bits per heavy atom. The maximum Gasteiger partial charge on any atom is 0.317 e. The molecular weight excluding hydrogens is 272 g/mol. The van der Waals surface area contributed by atoms with Gasteiger partial charge < -0.3 is 19.7 Å². The fourth-order valence-corrected chi connectivity index (χ4v) is 2.55. The topological polar surface area (TPSA) is 82.8 Å². The Hall–Kier alpha value is -1.98. The lowest BCUT2D eigenvalue weighted by Gasteiger charge is -2.31. The predicted octanol–water partition coefficient (Wildman–Crippen LogP) is 2.11. The van der Waals surface area contributed by atoms with Gasteiger partial charge in [-0.25, -0.2) is 4.79 Å². The number of hydrogen-bond acceptors (Lipinski definition) is 3. The number of carbonyl (C=O) groups excluding carboxylic acids is 1. The normalized spacial score (nSPS) is 20.0. The van der Waals surface area contributed by atoms with Crippen LogP contribution in [0.2, 0.25) is 0 Å². The third kappa shape index (κ3) is 4.51. The summed E-state index contributed by atoms with van der Waals surface area (Å²) in [7, 11) is 0. The van der Waals surface area contributed by atoms with Crippen LogP contribution in [0.25, 0.3) is 0 Å². The molecular formula is C15H22N2O4. The smallest absolute Gasteiger partial charge is 0.317 e. The first-order valence-corrected chi connectivity index (χ1v) is 7.37. The zero-order chi connectivity index (χ0) is 15.2. The lowest BCUT2D eigenvalue weighted by molar-refractivity contribution is -0.143. The monoisotopic (exact) mass is 294 g/mol. The van der Waals surface area contributed by atoms with Crippen molar-refractivity contribution >= 4 is 12.0 Å². The molecule has 21 heavy (non-hydrogen) atoms. The maximum absolute atomic E-state index is 12.1. The number of carboxylic acids is 1. The minimum Gasteiger partial charge on any atom is -0.481 e. The first-order valence-electron chi connectivity index (χ1n) is 7.37. The Kier molecular flexibility index (Phi) is 5.25. The maximum atomic E-state index is 12.1. The van der Waals surface area contributed by atoms with Gasteiger partial charge in [0.15, 0.2) is 0 Å². The Balaban J connectivity index is 1.76. The standard InChI is InChI=1S/C15H22N2O4/c1-11(6-7-13-5-3-9-21-13)16-15(20)17-8-2-4-12(10-17)14(18)19/h3,5,9,11-12H,2,4,6-8,10H2,1H3,(H,16,20)(H,18,19)/t11?,12-/m0/s1. The Labute approximate surface area is 124 Å². The summed E-state index contributed by atoms with van der Waals surface area (Å²) in [5.41, 5.74) is 0. The number of nitrogens with one attached hydrogen (secondary N) is 1. The fourth-order valence-electron chi connectivity index (χ4n) is 2.55. The molecule has 0 saturated carbocycles. The van der Waals surface area contributed by atoms with Gasteiger partial charge in [-0.15, -0.1) is 0 Å². The van der Waals surface area contributed by atoms with Crippen molar-refractivity contribution < 1.29 is 19.1 Å². The van der Waals surface area contributed by atoms with E-state index in [0.717, 1.165) is 25.0 Å². The molecule has 116 valence electrons. The minimum absolute atomic E-state index is 0.0211. The quantitative estimate of drug-likeness (QED) is 0.871. The van der Waals surface area contributed by atoms with Crippen LogP contribution in [-0.4, -0.2) is 41.1 Å². The molecule has 2 heterocycles. The predicted molar refractivity (Wildman–Crippen MR) is 77.0 cm³/mol. The summed E-state index contributed by atoms with van der Waals surface area (Å²) in [4.78, 5) is 24.7. The highest BCUT2D eigenvalue weighted by Crippen LogP contribution is 2.16. The highest BCUT2D eigenvalue weighted by atomic mass is 16.4. The van der Waals surface area contributed by atoms with E-state index in [0.29, 0.717) is 19.5 Å². The van der Waals surface area contributed by atoms with Gasteiger partial charge in [0.25, 0.3) is 0 Å². The molecule has 1 aliphatic rings. The van der Waals surface area contributed by atoms with E-state index in [9.17, 15) is 9.59 Å². The van der Waals surface area contributed by atoms with E-state index in [1.165, 1.54) is 0 Å². The number of nitrogens with zero attached hydrogens (tertiary/aromatic N) is 1. The van der Waals surface area contributed by atoms with Gasteiger partial charge in [-0.3, -0.25) is 4.79 Å². The van der Waals surface area contributed by atoms with E-state index in [1.54, 1.807) is 11.2 Å². The van der Waals surface area contributed by atoms with Gasteiger partial charge in [0.05, 0.1) is 12.2 Å². The molecule has 1 aromatic heterocycles. The molecule has 2 atom stereocenters. The number of carbonyl (C=O) groups is 2.